The Morgan fingerprint density at radius 2 is 1.71 bits per heavy atom. The molecule has 2 aromatic rings. The molecule has 0 unspecified atom stereocenters. The zero-order valence-electron chi connectivity index (χ0n) is 16.6. The van der Waals surface area contributed by atoms with E-state index in [9.17, 15) is 9.59 Å². The largest absolute Gasteiger partial charge is 0.354 e. The minimum atomic E-state index is -0.426. The fraction of sp³-hybridized carbons (Fsp3) is 0.364. The van der Waals surface area contributed by atoms with E-state index >= 15 is 0 Å². The minimum absolute atomic E-state index is 0.0930. The summed E-state index contributed by atoms with van der Waals surface area (Å²) in [5.74, 6) is -0.0421. The Bertz CT molecular complexity index is 782. The molecule has 6 heteroatoms. The molecule has 0 saturated carbocycles. The number of hydrogen-bond acceptors (Lipinski definition) is 3. The molecule has 0 aromatic heterocycles. The lowest BCUT2D eigenvalue weighted by Crippen LogP contribution is -2.46. The van der Waals surface area contributed by atoms with Gasteiger partial charge >= 0.3 is 0 Å². The maximum atomic E-state index is 12.5. The summed E-state index contributed by atoms with van der Waals surface area (Å²) in [7, 11) is 1.75. The molecule has 0 aliphatic heterocycles. The number of anilines is 1. The second-order valence-electron chi connectivity index (χ2n) is 6.88. The van der Waals surface area contributed by atoms with Crippen LogP contribution in [0.1, 0.15) is 31.7 Å². The molecule has 5 nitrogen and oxygen atoms in total. The monoisotopic (exact) mass is 401 g/mol. The van der Waals surface area contributed by atoms with Crippen LogP contribution in [0.15, 0.2) is 54.6 Å². The van der Waals surface area contributed by atoms with Crippen LogP contribution in [0.4, 0.5) is 5.69 Å². The van der Waals surface area contributed by atoms with Crippen molar-refractivity contribution >= 4 is 29.1 Å². The number of benzene rings is 2. The van der Waals surface area contributed by atoms with Crippen LogP contribution in [-0.2, 0) is 9.59 Å². The van der Waals surface area contributed by atoms with E-state index in [-0.39, 0.29) is 24.3 Å². The summed E-state index contributed by atoms with van der Waals surface area (Å²) in [6.07, 6.45) is 0.939. The Morgan fingerprint density at radius 1 is 1.07 bits per heavy atom. The van der Waals surface area contributed by atoms with Gasteiger partial charge in [0.25, 0.3) is 0 Å². The predicted molar refractivity (Wildman–Crippen MR) is 115 cm³/mol. The van der Waals surface area contributed by atoms with E-state index in [1.807, 2.05) is 18.2 Å². The Morgan fingerprint density at radius 3 is 2.36 bits per heavy atom. The van der Waals surface area contributed by atoms with Gasteiger partial charge in [0.05, 0.1) is 23.3 Å². The molecule has 0 saturated heterocycles. The highest BCUT2D eigenvalue weighted by Gasteiger charge is 2.21. The average Bonchev–Trinajstić information content (AvgIpc) is 2.70. The lowest BCUT2D eigenvalue weighted by Gasteiger charge is -2.24. The third kappa shape index (κ3) is 6.36. The number of rotatable bonds is 9. The highest BCUT2D eigenvalue weighted by Crippen LogP contribution is 2.20. The molecule has 2 atom stereocenters. The van der Waals surface area contributed by atoms with Gasteiger partial charge in [0, 0.05) is 12.5 Å². The molecule has 0 bridgehead atoms. The van der Waals surface area contributed by atoms with Gasteiger partial charge in [-0.2, -0.15) is 0 Å². The first-order valence-electron chi connectivity index (χ1n) is 9.49. The number of nitrogens with one attached hydrogen (secondary N) is 2. The van der Waals surface area contributed by atoms with Gasteiger partial charge in [-0.1, -0.05) is 61.0 Å². The number of likely N-dealkylation sites (N-methyl/N-ethyl adjacent to an activating group) is 1. The van der Waals surface area contributed by atoms with Crippen molar-refractivity contribution in [2.75, 3.05) is 25.5 Å². The van der Waals surface area contributed by atoms with Gasteiger partial charge in [-0.3, -0.25) is 14.5 Å². The normalized spacial score (nSPS) is 13.0. The predicted octanol–water partition coefficient (Wildman–Crippen LogP) is 3.91. The first-order chi connectivity index (χ1) is 13.4. The number of amides is 2. The maximum Gasteiger partial charge on any atom is 0.238 e. The van der Waals surface area contributed by atoms with Crippen molar-refractivity contribution in [2.45, 2.75) is 32.2 Å². The maximum absolute atomic E-state index is 12.5. The summed E-state index contributed by atoms with van der Waals surface area (Å²) >= 11 is 6.06. The summed E-state index contributed by atoms with van der Waals surface area (Å²) < 4.78 is 0. The van der Waals surface area contributed by atoms with Crippen LogP contribution in [0.25, 0.3) is 0 Å². The van der Waals surface area contributed by atoms with Crippen molar-refractivity contribution in [1.82, 2.24) is 10.2 Å². The zero-order valence-corrected chi connectivity index (χ0v) is 17.4. The highest BCUT2D eigenvalue weighted by molar-refractivity contribution is 6.33. The van der Waals surface area contributed by atoms with Gasteiger partial charge < -0.3 is 10.6 Å². The summed E-state index contributed by atoms with van der Waals surface area (Å²) in [5, 5.41) is 6.27. The molecule has 0 aliphatic rings. The van der Waals surface area contributed by atoms with Gasteiger partial charge in [-0.15, -0.1) is 0 Å². The average molecular weight is 402 g/mol. The lowest BCUT2D eigenvalue weighted by molar-refractivity contribution is -0.126. The molecule has 28 heavy (non-hydrogen) atoms. The molecule has 0 aliphatic carbocycles. The first-order valence-corrected chi connectivity index (χ1v) is 9.87. The summed E-state index contributed by atoms with van der Waals surface area (Å²) in [6.45, 7) is 4.57. The number of carbonyl (C=O) groups is 2. The number of hydrogen-bond donors (Lipinski definition) is 2. The van der Waals surface area contributed by atoms with Crippen LogP contribution in [0.5, 0.6) is 0 Å². The standard InChI is InChI=1S/C22H28ClN3O2/c1-4-17(18-10-6-5-7-11-18)14-24-22(28)16(2)26(3)15-21(27)25-20-13-9-8-12-19(20)23/h5-13,16-17H,4,14-15H2,1-3H3,(H,24,28)(H,25,27)/t16-,17-/m1/s1. The highest BCUT2D eigenvalue weighted by atomic mass is 35.5. The molecule has 2 amide bonds. The minimum Gasteiger partial charge on any atom is -0.354 e. The Balaban J connectivity index is 1.84. The fourth-order valence-electron chi connectivity index (χ4n) is 2.91. The van der Waals surface area contributed by atoms with Crippen LogP contribution in [0.2, 0.25) is 5.02 Å². The summed E-state index contributed by atoms with van der Waals surface area (Å²) in [6, 6.07) is 16.8. The Hall–Kier alpha value is -2.37. The second-order valence-corrected chi connectivity index (χ2v) is 7.29. The number of halogens is 1. The molecule has 0 radical (unpaired) electrons. The Labute approximate surface area is 172 Å². The van der Waals surface area contributed by atoms with Crippen molar-refractivity contribution in [3.05, 3.63) is 65.2 Å². The lowest BCUT2D eigenvalue weighted by atomic mass is 9.96. The van der Waals surface area contributed by atoms with Crippen molar-refractivity contribution in [3.8, 4) is 0 Å². The molecular formula is C22H28ClN3O2. The van der Waals surface area contributed by atoms with E-state index in [1.165, 1.54) is 5.56 Å². The second kappa shape index (κ2) is 10.8. The van der Waals surface area contributed by atoms with Crippen LogP contribution >= 0.6 is 11.6 Å². The van der Waals surface area contributed by atoms with Crippen molar-refractivity contribution in [2.24, 2.45) is 0 Å². The third-order valence-electron chi connectivity index (χ3n) is 4.87. The van der Waals surface area contributed by atoms with Crippen LogP contribution in [0, 0.1) is 0 Å². The van der Waals surface area contributed by atoms with Crippen LogP contribution in [-0.4, -0.2) is 42.9 Å². The van der Waals surface area contributed by atoms with Crippen molar-refractivity contribution in [1.29, 1.82) is 0 Å². The van der Waals surface area contributed by atoms with E-state index in [0.717, 1.165) is 6.42 Å². The molecule has 0 heterocycles. The van der Waals surface area contributed by atoms with Gasteiger partial charge in [0.15, 0.2) is 0 Å². The van der Waals surface area contributed by atoms with Crippen molar-refractivity contribution < 1.29 is 9.59 Å². The molecule has 150 valence electrons. The first kappa shape index (κ1) is 21.9. The molecule has 0 fully saturated rings. The molecular weight excluding hydrogens is 374 g/mol. The third-order valence-corrected chi connectivity index (χ3v) is 5.20. The topological polar surface area (TPSA) is 61.4 Å². The SMILES string of the molecule is CC[C@H](CNC(=O)[C@@H](C)N(C)CC(=O)Nc1ccccc1Cl)c1ccccc1. The van der Waals surface area contributed by atoms with E-state index in [1.54, 1.807) is 43.1 Å². The van der Waals surface area contributed by atoms with E-state index in [2.05, 4.69) is 29.7 Å². The van der Waals surface area contributed by atoms with Gasteiger partial charge in [0.1, 0.15) is 0 Å². The van der Waals surface area contributed by atoms with Crippen molar-refractivity contribution in [3.63, 3.8) is 0 Å². The molecule has 2 rings (SSSR count). The summed E-state index contributed by atoms with van der Waals surface area (Å²) in [5.41, 5.74) is 1.78. The molecule has 2 N–H and O–H groups in total. The van der Waals surface area contributed by atoms with E-state index < -0.39 is 6.04 Å². The smallest absolute Gasteiger partial charge is 0.238 e. The quantitative estimate of drug-likeness (QED) is 0.669. The zero-order chi connectivity index (χ0) is 20.5. The van der Waals surface area contributed by atoms with Gasteiger partial charge in [0.2, 0.25) is 11.8 Å². The molecule has 0 spiro atoms. The fourth-order valence-corrected chi connectivity index (χ4v) is 3.09. The van der Waals surface area contributed by atoms with Crippen LogP contribution in [0.3, 0.4) is 0 Å². The number of carbonyl (C=O) groups excluding carboxylic acids is 2. The summed E-state index contributed by atoms with van der Waals surface area (Å²) in [4.78, 5) is 26.5. The van der Waals surface area contributed by atoms with Crippen LogP contribution < -0.4 is 10.6 Å². The Kier molecular flexibility index (Phi) is 8.48. The molecule has 2 aromatic carbocycles. The van der Waals surface area contributed by atoms with Gasteiger partial charge in [-0.25, -0.2) is 0 Å². The van der Waals surface area contributed by atoms with E-state index in [4.69, 9.17) is 11.6 Å². The number of nitrogens with zero attached hydrogens (tertiary/aromatic N) is 1. The van der Waals surface area contributed by atoms with Gasteiger partial charge in [-0.05, 0) is 38.1 Å². The van der Waals surface area contributed by atoms with E-state index in [0.29, 0.717) is 17.3 Å². The number of para-hydroxylation sites is 1.